The van der Waals surface area contributed by atoms with Crippen molar-refractivity contribution in [3.63, 3.8) is 0 Å². The van der Waals surface area contributed by atoms with E-state index >= 15 is 0 Å². The summed E-state index contributed by atoms with van der Waals surface area (Å²) in [6.07, 6.45) is 8.34. The molecule has 0 spiro atoms. The number of carbonyl (C=O) groups excluding carboxylic acids is 1. The van der Waals surface area contributed by atoms with Crippen LogP contribution in [0.2, 0.25) is 0 Å². The maximum Gasteiger partial charge on any atom is 0.289 e. The molecule has 4 rings (SSSR count). The van der Waals surface area contributed by atoms with Gasteiger partial charge in [-0.2, -0.15) is 0 Å². The number of hydrogen-bond donors (Lipinski definition) is 2. The average molecular weight is 332 g/mol. The first-order chi connectivity index (χ1) is 12.1. The number of rotatable bonds is 3. The van der Waals surface area contributed by atoms with Gasteiger partial charge >= 0.3 is 0 Å². The summed E-state index contributed by atoms with van der Waals surface area (Å²) >= 11 is 0. The van der Waals surface area contributed by atoms with Crippen LogP contribution in [0, 0.1) is 13.8 Å². The topological polar surface area (TPSA) is 84.2 Å². The molecular formula is C18H16N6O. The number of aryl methyl sites for hydroxylation is 2. The van der Waals surface area contributed by atoms with Crippen molar-refractivity contribution in [3.8, 4) is 0 Å². The highest BCUT2D eigenvalue weighted by atomic mass is 16.2. The Kier molecular flexibility index (Phi) is 3.53. The van der Waals surface area contributed by atoms with Crippen molar-refractivity contribution in [2.75, 3.05) is 5.43 Å². The second-order valence-corrected chi connectivity index (χ2v) is 5.79. The summed E-state index contributed by atoms with van der Waals surface area (Å²) in [5.41, 5.74) is 11.7. The maximum absolute atomic E-state index is 12.1. The molecule has 0 unspecified atom stereocenters. The molecule has 0 radical (unpaired) electrons. The van der Waals surface area contributed by atoms with Gasteiger partial charge in [-0.3, -0.25) is 25.6 Å². The minimum Gasteiger partial charge on any atom is -0.313 e. The van der Waals surface area contributed by atoms with E-state index in [2.05, 4.69) is 50.2 Å². The minimum absolute atomic E-state index is 0.238. The number of fused-ring (bicyclic) bond motifs is 3. The van der Waals surface area contributed by atoms with E-state index in [9.17, 15) is 4.79 Å². The van der Waals surface area contributed by atoms with E-state index < -0.39 is 0 Å². The number of amides is 1. The Bertz CT molecular complexity index is 1090. The predicted octanol–water partition coefficient (Wildman–Crippen LogP) is 2.65. The molecule has 3 heterocycles. The van der Waals surface area contributed by atoms with Crippen LogP contribution in [0.3, 0.4) is 0 Å². The summed E-state index contributed by atoms with van der Waals surface area (Å²) < 4.78 is 2.11. The normalized spacial score (nSPS) is 11.0. The fraction of sp³-hybridized carbons (Fsp3) is 0.111. The van der Waals surface area contributed by atoms with Crippen molar-refractivity contribution in [1.82, 2.24) is 24.8 Å². The number of nitrogens with zero attached hydrogens (tertiary/aromatic N) is 4. The molecule has 25 heavy (non-hydrogen) atoms. The molecule has 124 valence electrons. The zero-order valence-electron chi connectivity index (χ0n) is 13.8. The molecule has 3 aromatic heterocycles. The molecule has 0 aliphatic heterocycles. The van der Waals surface area contributed by atoms with Crippen LogP contribution in [0.4, 0.5) is 5.69 Å². The smallest absolute Gasteiger partial charge is 0.289 e. The van der Waals surface area contributed by atoms with Crippen molar-refractivity contribution < 1.29 is 4.79 Å². The SMILES string of the molecule is Cc1cn2c(cnc3c(NNC(=O)c4cnccn4)cccc32)c1C. The Morgan fingerprint density at radius 1 is 1.08 bits per heavy atom. The van der Waals surface area contributed by atoms with E-state index in [1.165, 1.54) is 29.7 Å². The maximum atomic E-state index is 12.1. The summed E-state index contributed by atoms with van der Waals surface area (Å²) in [7, 11) is 0. The third kappa shape index (κ3) is 2.55. The van der Waals surface area contributed by atoms with Crippen LogP contribution in [0.15, 0.2) is 49.2 Å². The van der Waals surface area contributed by atoms with Crippen molar-refractivity contribution >= 4 is 28.1 Å². The van der Waals surface area contributed by atoms with E-state index in [1.807, 2.05) is 24.4 Å². The number of hydrazine groups is 1. The number of para-hydroxylation sites is 1. The van der Waals surface area contributed by atoms with Gasteiger partial charge < -0.3 is 4.40 Å². The number of hydrogen-bond acceptors (Lipinski definition) is 5. The molecule has 2 N–H and O–H groups in total. The Hall–Kier alpha value is -3.48. The molecule has 4 aromatic rings. The fourth-order valence-corrected chi connectivity index (χ4v) is 2.79. The van der Waals surface area contributed by atoms with Crippen molar-refractivity contribution in [1.29, 1.82) is 0 Å². The Morgan fingerprint density at radius 2 is 1.96 bits per heavy atom. The number of carbonyl (C=O) groups is 1. The molecule has 7 heteroatoms. The lowest BCUT2D eigenvalue weighted by Crippen LogP contribution is -2.30. The van der Waals surface area contributed by atoms with Crippen LogP contribution in [-0.4, -0.2) is 25.3 Å². The molecule has 0 aliphatic carbocycles. The number of aromatic nitrogens is 4. The molecule has 0 saturated heterocycles. The zero-order valence-corrected chi connectivity index (χ0v) is 13.8. The predicted molar refractivity (Wildman–Crippen MR) is 95.3 cm³/mol. The van der Waals surface area contributed by atoms with Gasteiger partial charge in [-0.05, 0) is 37.1 Å². The minimum atomic E-state index is -0.362. The Labute approximate surface area is 143 Å². The van der Waals surface area contributed by atoms with E-state index in [0.29, 0.717) is 5.69 Å². The monoisotopic (exact) mass is 332 g/mol. The van der Waals surface area contributed by atoms with E-state index in [-0.39, 0.29) is 11.6 Å². The van der Waals surface area contributed by atoms with Crippen molar-refractivity contribution in [2.45, 2.75) is 13.8 Å². The van der Waals surface area contributed by atoms with Gasteiger partial charge in [-0.25, -0.2) is 4.98 Å². The highest BCUT2D eigenvalue weighted by molar-refractivity contribution is 5.95. The van der Waals surface area contributed by atoms with Crippen LogP contribution in [0.5, 0.6) is 0 Å². The van der Waals surface area contributed by atoms with Crippen LogP contribution in [0.25, 0.3) is 16.6 Å². The van der Waals surface area contributed by atoms with Gasteiger partial charge in [-0.15, -0.1) is 0 Å². The van der Waals surface area contributed by atoms with Gasteiger partial charge in [0.25, 0.3) is 5.91 Å². The molecule has 1 amide bonds. The van der Waals surface area contributed by atoms with Crippen LogP contribution >= 0.6 is 0 Å². The highest BCUT2D eigenvalue weighted by Gasteiger charge is 2.11. The van der Waals surface area contributed by atoms with Crippen molar-refractivity contribution in [3.05, 3.63) is 66.0 Å². The quantitative estimate of drug-likeness (QED) is 0.564. The van der Waals surface area contributed by atoms with Crippen LogP contribution in [0.1, 0.15) is 21.6 Å². The van der Waals surface area contributed by atoms with Gasteiger partial charge in [-0.1, -0.05) is 6.07 Å². The van der Waals surface area contributed by atoms with Gasteiger partial charge in [0, 0.05) is 18.6 Å². The molecule has 0 aliphatic rings. The van der Waals surface area contributed by atoms with E-state index in [1.54, 1.807) is 0 Å². The lowest BCUT2D eigenvalue weighted by atomic mass is 10.2. The van der Waals surface area contributed by atoms with E-state index in [0.717, 1.165) is 16.6 Å². The second kappa shape index (κ2) is 5.86. The molecule has 7 nitrogen and oxygen atoms in total. The highest BCUT2D eigenvalue weighted by Crippen LogP contribution is 2.25. The molecule has 0 fully saturated rings. The van der Waals surface area contributed by atoms with Gasteiger partial charge in [0.1, 0.15) is 11.2 Å². The summed E-state index contributed by atoms with van der Waals surface area (Å²) in [6.45, 7) is 4.17. The van der Waals surface area contributed by atoms with Crippen molar-refractivity contribution in [2.24, 2.45) is 0 Å². The molecule has 0 atom stereocenters. The van der Waals surface area contributed by atoms with Gasteiger partial charge in [0.2, 0.25) is 0 Å². The molecule has 0 bridgehead atoms. The first-order valence-electron chi connectivity index (χ1n) is 7.83. The standard InChI is InChI=1S/C18H16N6O/c1-11-10-24-15-5-3-4-13(17(15)21-9-16(24)12(11)2)22-23-18(25)14-8-19-6-7-20-14/h3-10,22H,1-2H3,(H,23,25). The average Bonchev–Trinajstić information content (AvgIpc) is 2.95. The van der Waals surface area contributed by atoms with Gasteiger partial charge in [0.05, 0.1) is 29.1 Å². The summed E-state index contributed by atoms with van der Waals surface area (Å²) in [6, 6.07) is 5.79. The number of nitrogens with one attached hydrogen (secondary N) is 2. The van der Waals surface area contributed by atoms with Gasteiger partial charge in [0.15, 0.2) is 0 Å². The zero-order chi connectivity index (χ0) is 17.4. The number of benzene rings is 1. The summed E-state index contributed by atoms with van der Waals surface area (Å²) in [5.74, 6) is -0.362. The van der Waals surface area contributed by atoms with E-state index in [4.69, 9.17) is 0 Å². The lowest BCUT2D eigenvalue weighted by molar-refractivity contribution is 0.0957. The third-order valence-electron chi connectivity index (χ3n) is 4.25. The first-order valence-corrected chi connectivity index (χ1v) is 7.83. The summed E-state index contributed by atoms with van der Waals surface area (Å²) in [4.78, 5) is 24.5. The molecular weight excluding hydrogens is 316 g/mol. The lowest BCUT2D eigenvalue weighted by Gasteiger charge is -2.11. The first kappa shape index (κ1) is 15.1. The number of anilines is 1. The fourth-order valence-electron chi connectivity index (χ4n) is 2.79. The Balaban J connectivity index is 1.69. The molecule has 0 saturated carbocycles. The second-order valence-electron chi connectivity index (χ2n) is 5.79. The third-order valence-corrected chi connectivity index (χ3v) is 4.25. The van der Waals surface area contributed by atoms with Crippen LogP contribution in [-0.2, 0) is 0 Å². The van der Waals surface area contributed by atoms with Crippen LogP contribution < -0.4 is 10.9 Å². The molecule has 1 aromatic carbocycles. The Morgan fingerprint density at radius 3 is 2.76 bits per heavy atom. The largest absolute Gasteiger partial charge is 0.313 e. The summed E-state index contributed by atoms with van der Waals surface area (Å²) in [5, 5.41) is 0.